The van der Waals surface area contributed by atoms with Crippen LogP contribution in [0, 0.1) is 6.92 Å². The van der Waals surface area contributed by atoms with Gasteiger partial charge in [-0.1, -0.05) is 54.1 Å². The maximum Gasteiger partial charge on any atom is 0.263 e. The summed E-state index contributed by atoms with van der Waals surface area (Å²) in [7, 11) is 0. The quantitative estimate of drug-likeness (QED) is 0.615. The number of aryl methyl sites for hydroxylation is 1. The van der Waals surface area contributed by atoms with Crippen molar-refractivity contribution < 1.29 is 9.53 Å². The predicted octanol–water partition coefficient (Wildman–Crippen LogP) is 4.40. The van der Waals surface area contributed by atoms with E-state index in [2.05, 4.69) is 39.5 Å². The largest absolute Gasteiger partial charge is 0.374 e. The van der Waals surface area contributed by atoms with Gasteiger partial charge in [-0.3, -0.25) is 9.69 Å². The number of nitrogens with one attached hydrogen (secondary N) is 1. The van der Waals surface area contributed by atoms with Crippen molar-refractivity contribution in [2.24, 2.45) is 0 Å². The lowest BCUT2D eigenvalue weighted by Crippen LogP contribution is -2.47. The fourth-order valence-corrected chi connectivity index (χ4v) is 4.70. The molecule has 3 aromatic rings. The molecule has 0 spiro atoms. The molecule has 1 atom stereocenters. The molecule has 5 nitrogen and oxygen atoms in total. The molecule has 0 radical (unpaired) electrons. The number of carbonyl (C=O) groups is 1. The van der Waals surface area contributed by atoms with Gasteiger partial charge in [0.2, 0.25) is 0 Å². The number of hydrogen-bond acceptors (Lipinski definition) is 5. The summed E-state index contributed by atoms with van der Waals surface area (Å²) < 4.78 is 5.87. The highest BCUT2D eigenvalue weighted by molar-refractivity contribution is 7.17. The minimum absolute atomic E-state index is 0.0213. The summed E-state index contributed by atoms with van der Waals surface area (Å²) in [6, 6.07) is 17.9. The second kappa shape index (κ2) is 9.71. The van der Waals surface area contributed by atoms with Gasteiger partial charge in [-0.15, -0.1) is 11.3 Å². The number of amides is 1. The summed E-state index contributed by atoms with van der Waals surface area (Å²) in [4.78, 5) is 20.3. The molecule has 0 bridgehead atoms. The van der Waals surface area contributed by atoms with Crippen molar-refractivity contribution in [1.29, 1.82) is 0 Å². The van der Waals surface area contributed by atoms with Crippen LogP contribution in [0.3, 0.4) is 0 Å². The minimum Gasteiger partial charge on any atom is -0.374 e. The van der Waals surface area contributed by atoms with Crippen LogP contribution in [-0.4, -0.2) is 48.1 Å². The van der Waals surface area contributed by atoms with Gasteiger partial charge in [-0.2, -0.15) is 0 Å². The Morgan fingerprint density at radius 3 is 2.90 bits per heavy atom. The Kier molecular flexibility index (Phi) is 6.79. The third-order valence-corrected chi connectivity index (χ3v) is 6.48. The number of hydrogen-bond donors (Lipinski definition) is 1. The van der Waals surface area contributed by atoms with E-state index in [1.54, 1.807) is 0 Å². The Hall–Kier alpha value is -2.25. The van der Waals surface area contributed by atoms with Crippen LogP contribution in [0.25, 0.3) is 10.6 Å². The van der Waals surface area contributed by atoms with Crippen LogP contribution in [0.5, 0.6) is 0 Å². The maximum absolute atomic E-state index is 12.8. The van der Waals surface area contributed by atoms with Crippen molar-refractivity contribution in [1.82, 2.24) is 15.2 Å². The summed E-state index contributed by atoms with van der Waals surface area (Å²) >= 11 is 7.47. The van der Waals surface area contributed by atoms with E-state index >= 15 is 0 Å². The fraction of sp³-hybridized carbons (Fsp3) is 0.304. The molecule has 0 aliphatic carbocycles. The predicted molar refractivity (Wildman–Crippen MR) is 121 cm³/mol. The summed E-state index contributed by atoms with van der Waals surface area (Å²) in [5, 5.41) is 4.47. The number of thiazole rings is 1. The van der Waals surface area contributed by atoms with E-state index in [1.807, 2.05) is 37.3 Å². The van der Waals surface area contributed by atoms with Crippen LogP contribution < -0.4 is 5.32 Å². The first kappa shape index (κ1) is 21.0. The van der Waals surface area contributed by atoms with Gasteiger partial charge in [0.05, 0.1) is 18.4 Å². The van der Waals surface area contributed by atoms with E-state index in [1.165, 1.54) is 16.9 Å². The highest BCUT2D eigenvalue weighted by atomic mass is 35.5. The topological polar surface area (TPSA) is 54.5 Å². The lowest BCUT2D eigenvalue weighted by molar-refractivity contribution is -0.0292. The highest BCUT2D eigenvalue weighted by Gasteiger charge is 2.22. The number of nitrogens with zero attached hydrogens (tertiary/aromatic N) is 2. The van der Waals surface area contributed by atoms with Gasteiger partial charge >= 0.3 is 0 Å². The summed E-state index contributed by atoms with van der Waals surface area (Å²) in [6.07, 6.45) is -0.0213. The third-order valence-electron chi connectivity index (χ3n) is 5.04. The zero-order valence-corrected chi connectivity index (χ0v) is 18.4. The molecule has 1 unspecified atom stereocenters. The molecule has 1 aliphatic heterocycles. The molecule has 1 saturated heterocycles. The lowest BCUT2D eigenvalue weighted by atomic mass is 10.2. The Balaban J connectivity index is 1.34. The summed E-state index contributed by atoms with van der Waals surface area (Å²) in [6.45, 7) is 5.60. The SMILES string of the molecule is Cc1nc(-c2cccc(Cl)c2)sc1C(=O)NCC1CN(Cc2ccccc2)CCO1. The van der Waals surface area contributed by atoms with Crippen LogP contribution in [0.2, 0.25) is 5.02 Å². The molecule has 2 heterocycles. The van der Waals surface area contributed by atoms with E-state index < -0.39 is 0 Å². The zero-order chi connectivity index (χ0) is 20.9. The molecular formula is C23H24ClN3O2S. The van der Waals surface area contributed by atoms with Crippen molar-refractivity contribution >= 4 is 28.8 Å². The first-order valence-corrected chi connectivity index (χ1v) is 11.2. The zero-order valence-electron chi connectivity index (χ0n) is 16.8. The van der Waals surface area contributed by atoms with Crippen molar-refractivity contribution in [2.45, 2.75) is 19.6 Å². The van der Waals surface area contributed by atoms with Crippen molar-refractivity contribution in [3.8, 4) is 10.6 Å². The first-order chi connectivity index (χ1) is 14.6. The van der Waals surface area contributed by atoms with Crippen molar-refractivity contribution in [3.05, 3.63) is 75.8 Å². The summed E-state index contributed by atoms with van der Waals surface area (Å²) in [5.74, 6) is -0.109. The highest BCUT2D eigenvalue weighted by Crippen LogP contribution is 2.29. The van der Waals surface area contributed by atoms with Gasteiger partial charge < -0.3 is 10.1 Å². The second-order valence-electron chi connectivity index (χ2n) is 7.37. The Bertz CT molecular complexity index is 1010. The van der Waals surface area contributed by atoms with Crippen molar-refractivity contribution in [3.63, 3.8) is 0 Å². The van der Waals surface area contributed by atoms with Gasteiger partial charge in [0, 0.05) is 36.8 Å². The number of benzene rings is 2. The van der Waals surface area contributed by atoms with Gasteiger partial charge in [0.15, 0.2) is 0 Å². The van der Waals surface area contributed by atoms with E-state index in [0.29, 0.717) is 23.1 Å². The average molecular weight is 442 g/mol. The number of rotatable bonds is 6. The normalized spacial score (nSPS) is 17.1. The van der Waals surface area contributed by atoms with Crippen LogP contribution in [0.1, 0.15) is 20.9 Å². The Morgan fingerprint density at radius 2 is 2.10 bits per heavy atom. The van der Waals surface area contributed by atoms with E-state index in [-0.39, 0.29) is 12.0 Å². The molecule has 156 valence electrons. The second-order valence-corrected chi connectivity index (χ2v) is 8.80. The molecule has 4 rings (SSSR count). The minimum atomic E-state index is -0.109. The van der Waals surface area contributed by atoms with Crippen LogP contribution in [0.4, 0.5) is 0 Å². The number of morpholine rings is 1. The molecular weight excluding hydrogens is 418 g/mol. The molecule has 30 heavy (non-hydrogen) atoms. The van der Waals surface area contributed by atoms with Gasteiger partial charge in [0.25, 0.3) is 5.91 Å². The van der Waals surface area contributed by atoms with Gasteiger partial charge in [0.1, 0.15) is 9.88 Å². The monoisotopic (exact) mass is 441 g/mol. The van der Waals surface area contributed by atoms with E-state index in [9.17, 15) is 4.79 Å². The molecule has 1 fully saturated rings. The summed E-state index contributed by atoms with van der Waals surface area (Å²) in [5.41, 5.74) is 2.93. The lowest BCUT2D eigenvalue weighted by Gasteiger charge is -2.33. The third kappa shape index (κ3) is 5.26. The Labute approximate surface area is 185 Å². The van der Waals surface area contributed by atoms with Gasteiger partial charge in [-0.05, 0) is 24.6 Å². The number of halogens is 1. The molecule has 2 aromatic carbocycles. The maximum atomic E-state index is 12.8. The Morgan fingerprint density at radius 1 is 1.27 bits per heavy atom. The molecule has 7 heteroatoms. The standard InChI is InChI=1S/C23H24ClN3O2S/c1-16-21(30-23(26-16)18-8-5-9-19(24)12-18)22(28)25-13-20-15-27(10-11-29-20)14-17-6-3-2-4-7-17/h2-9,12,20H,10-11,13-15H2,1H3,(H,25,28). The smallest absolute Gasteiger partial charge is 0.263 e. The van der Waals surface area contributed by atoms with Gasteiger partial charge in [-0.25, -0.2) is 4.98 Å². The molecule has 1 aliphatic rings. The molecule has 1 N–H and O–H groups in total. The number of ether oxygens (including phenoxy) is 1. The molecule has 1 amide bonds. The van der Waals surface area contributed by atoms with Crippen molar-refractivity contribution in [2.75, 3.05) is 26.2 Å². The fourth-order valence-electron chi connectivity index (χ4n) is 3.53. The van der Waals surface area contributed by atoms with Crippen LogP contribution in [0.15, 0.2) is 54.6 Å². The average Bonchev–Trinajstić information content (AvgIpc) is 3.15. The molecule has 0 saturated carbocycles. The number of carbonyl (C=O) groups excluding carboxylic acids is 1. The first-order valence-electron chi connectivity index (χ1n) is 9.98. The van der Waals surface area contributed by atoms with E-state index in [4.69, 9.17) is 16.3 Å². The van der Waals surface area contributed by atoms with E-state index in [0.717, 1.165) is 35.9 Å². The van der Waals surface area contributed by atoms with Crippen LogP contribution in [-0.2, 0) is 11.3 Å². The number of aromatic nitrogens is 1. The molecule has 1 aromatic heterocycles. The van der Waals surface area contributed by atoms with Crippen LogP contribution >= 0.6 is 22.9 Å².